The summed E-state index contributed by atoms with van der Waals surface area (Å²) in [5, 5.41) is 5.99. The number of amides is 2. The molecule has 1 aliphatic carbocycles. The van der Waals surface area contributed by atoms with E-state index in [-0.39, 0.29) is 17.7 Å². The van der Waals surface area contributed by atoms with Crippen molar-refractivity contribution in [1.82, 2.24) is 5.32 Å². The fraction of sp³-hybridized carbons (Fsp3) is 0.529. The topological polar surface area (TPSA) is 76.7 Å². The van der Waals surface area contributed by atoms with Gasteiger partial charge in [0.25, 0.3) is 0 Å². The molecule has 0 spiro atoms. The standard InChI is InChI=1S/C17H23ClN2O4/c1-10(21)19-16(11-6-4-5-7-11)17(22)20-13-9-14(23-2)12(18)8-15(13)24-3/h8-9,11,16H,4-7H2,1-3H3,(H,19,21)(H,20,22)/t16-/m0/s1. The maximum atomic E-state index is 12.7. The van der Waals surface area contributed by atoms with E-state index in [0.29, 0.717) is 22.2 Å². The van der Waals surface area contributed by atoms with Gasteiger partial charge in [-0.25, -0.2) is 0 Å². The maximum Gasteiger partial charge on any atom is 0.247 e. The predicted octanol–water partition coefficient (Wildman–Crippen LogP) is 2.99. The summed E-state index contributed by atoms with van der Waals surface area (Å²) in [6.45, 7) is 1.42. The fourth-order valence-electron chi connectivity index (χ4n) is 3.08. The molecule has 7 heteroatoms. The van der Waals surface area contributed by atoms with Crippen LogP contribution >= 0.6 is 11.6 Å². The Morgan fingerprint density at radius 1 is 1.17 bits per heavy atom. The summed E-state index contributed by atoms with van der Waals surface area (Å²) in [7, 11) is 2.99. The molecule has 1 aromatic rings. The second-order valence-electron chi connectivity index (χ2n) is 5.90. The van der Waals surface area contributed by atoms with Gasteiger partial charge in [-0.15, -0.1) is 0 Å². The Morgan fingerprint density at radius 3 is 2.33 bits per heavy atom. The molecule has 2 amide bonds. The molecule has 6 nitrogen and oxygen atoms in total. The molecule has 1 aliphatic rings. The molecule has 0 aromatic heterocycles. The third-order valence-corrected chi connectivity index (χ3v) is 4.54. The van der Waals surface area contributed by atoms with Crippen molar-refractivity contribution in [3.8, 4) is 11.5 Å². The van der Waals surface area contributed by atoms with Crippen LogP contribution in [0, 0.1) is 5.92 Å². The molecule has 1 fully saturated rings. The van der Waals surface area contributed by atoms with Crippen LogP contribution in [0.15, 0.2) is 12.1 Å². The largest absolute Gasteiger partial charge is 0.495 e. The lowest BCUT2D eigenvalue weighted by Crippen LogP contribution is -2.47. The quantitative estimate of drug-likeness (QED) is 0.823. The van der Waals surface area contributed by atoms with Gasteiger partial charge in [0.2, 0.25) is 11.8 Å². The zero-order valence-electron chi connectivity index (χ0n) is 14.1. The first-order valence-electron chi connectivity index (χ1n) is 7.95. The summed E-state index contributed by atoms with van der Waals surface area (Å²) in [6, 6.07) is 2.63. The number of methoxy groups -OCH3 is 2. The summed E-state index contributed by atoms with van der Waals surface area (Å²) in [4.78, 5) is 24.2. The lowest BCUT2D eigenvalue weighted by molar-refractivity contribution is -0.126. The number of hydrogen-bond donors (Lipinski definition) is 2. The summed E-state index contributed by atoms with van der Waals surface area (Å²) < 4.78 is 10.5. The summed E-state index contributed by atoms with van der Waals surface area (Å²) in [5.41, 5.74) is 0.456. The van der Waals surface area contributed by atoms with Crippen molar-refractivity contribution < 1.29 is 19.1 Å². The van der Waals surface area contributed by atoms with Gasteiger partial charge in [-0.3, -0.25) is 9.59 Å². The lowest BCUT2D eigenvalue weighted by Gasteiger charge is -2.24. The number of carbonyl (C=O) groups excluding carboxylic acids is 2. The van der Waals surface area contributed by atoms with Crippen molar-refractivity contribution >= 4 is 29.1 Å². The van der Waals surface area contributed by atoms with Gasteiger partial charge >= 0.3 is 0 Å². The number of halogens is 1. The van der Waals surface area contributed by atoms with Crippen LogP contribution in [-0.4, -0.2) is 32.1 Å². The third-order valence-electron chi connectivity index (χ3n) is 4.24. The van der Waals surface area contributed by atoms with E-state index in [2.05, 4.69) is 10.6 Å². The highest BCUT2D eigenvalue weighted by atomic mass is 35.5. The second kappa shape index (κ2) is 8.24. The first-order chi connectivity index (χ1) is 11.5. The van der Waals surface area contributed by atoms with Crippen molar-refractivity contribution in [2.45, 2.75) is 38.6 Å². The molecule has 0 heterocycles. The van der Waals surface area contributed by atoms with Gasteiger partial charge in [0.15, 0.2) is 0 Å². The molecular formula is C17H23ClN2O4. The molecule has 1 saturated carbocycles. The number of benzene rings is 1. The average Bonchev–Trinajstić information content (AvgIpc) is 3.07. The van der Waals surface area contributed by atoms with Gasteiger partial charge in [0.05, 0.1) is 24.9 Å². The SMILES string of the molecule is COc1cc(NC(=O)[C@@H](NC(C)=O)C2CCCC2)c(OC)cc1Cl. The van der Waals surface area contributed by atoms with E-state index >= 15 is 0 Å². The van der Waals surface area contributed by atoms with Crippen molar-refractivity contribution in [2.75, 3.05) is 19.5 Å². The molecular weight excluding hydrogens is 332 g/mol. The van der Waals surface area contributed by atoms with Crippen LogP contribution in [0.3, 0.4) is 0 Å². The number of rotatable bonds is 6. The van der Waals surface area contributed by atoms with Crippen molar-refractivity contribution in [3.63, 3.8) is 0 Å². The van der Waals surface area contributed by atoms with Crippen LogP contribution in [0.4, 0.5) is 5.69 Å². The predicted molar refractivity (Wildman–Crippen MR) is 92.7 cm³/mol. The minimum atomic E-state index is -0.559. The van der Waals surface area contributed by atoms with E-state index in [4.69, 9.17) is 21.1 Å². The van der Waals surface area contributed by atoms with Gasteiger partial charge in [-0.2, -0.15) is 0 Å². The second-order valence-corrected chi connectivity index (χ2v) is 6.31. The Labute approximate surface area is 146 Å². The maximum absolute atomic E-state index is 12.7. The summed E-state index contributed by atoms with van der Waals surface area (Å²) >= 11 is 6.08. The zero-order chi connectivity index (χ0) is 17.7. The van der Waals surface area contributed by atoms with E-state index in [0.717, 1.165) is 25.7 Å². The first kappa shape index (κ1) is 18.4. The highest BCUT2D eigenvalue weighted by Crippen LogP contribution is 2.36. The van der Waals surface area contributed by atoms with Crippen molar-refractivity contribution in [2.24, 2.45) is 5.92 Å². The van der Waals surface area contributed by atoms with Crippen LogP contribution < -0.4 is 20.1 Å². The van der Waals surface area contributed by atoms with E-state index in [1.807, 2.05) is 0 Å². The molecule has 1 atom stereocenters. The molecule has 1 aromatic carbocycles. The minimum absolute atomic E-state index is 0.147. The Bertz CT molecular complexity index is 615. The first-order valence-corrected chi connectivity index (χ1v) is 8.33. The molecule has 2 N–H and O–H groups in total. The van der Waals surface area contributed by atoms with E-state index < -0.39 is 6.04 Å². The van der Waals surface area contributed by atoms with E-state index in [9.17, 15) is 9.59 Å². The van der Waals surface area contributed by atoms with Gasteiger partial charge < -0.3 is 20.1 Å². The van der Waals surface area contributed by atoms with E-state index in [1.54, 1.807) is 12.1 Å². The van der Waals surface area contributed by atoms with Gasteiger partial charge in [-0.05, 0) is 18.8 Å². The Balaban J connectivity index is 2.23. The monoisotopic (exact) mass is 354 g/mol. The van der Waals surface area contributed by atoms with Crippen LogP contribution in [0.5, 0.6) is 11.5 Å². The molecule has 0 radical (unpaired) electrons. The third kappa shape index (κ3) is 4.32. The summed E-state index contributed by atoms with van der Waals surface area (Å²) in [6.07, 6.45) is 4.01. The molecule has 0 bridgehead atoms. The van der Waals surface area contributed by atoms with Crippen LogP contribution in [-0.2, 0) is 9.59 Å². The highest BCUT2D eigenvalue weighted by Gasteiger charge is 2.31. The Morgan fingerprint density at radius 2 is 1.79 bits per heavy atom. The molecule has 0 saturated heterocycles. The Hall–Kier alpha value is -1.95. The molecule has 0 aliphatic heterocycles. The zero-order valence-corrected chi connectivity index (χ0v) is 14.9. The van der Waals surface area contributed by atoms with Crippen LogP contribution in [0.1, 0.15) is 32.6 Å². The fourth-order valence-corrected chi connectivity index (χ4v) is 3.31. The molecule has 24 heavy (non-hydrogen) atoms. The highest BCUT2D eigenvalue weighted by molar-refractivity contribution is 6.32. The number of carbonyl (C=O) groups is 2. The summed E-state index contributed by atoms with van der Waals surface area (Å²) in [5.74, 6) is 0.531. The molecule has 132 valence electrons. The lowest BCUT2D eigenvalue weighted by atomic mass is 9.97. The Kier molecular flexibility index (Phi) is 6.31. The van der Waals surface area contributed by atoms with Gasteiger partial charge in [0, 0.05) is 19.1 Å². The van der Waals surface area contributed by atoms with E-state index in [1.165, 1.54) is 21.1 Å². The molecule has 0 unspecified atom stereocenters. The molecule has 2 rings (SSSR count). The number of hydrogen-bond acceptors (Lipinski definition) is 4. The van der Waals surface area contributed by atoms with Gasteiger partial charge in [-0.1, -0.05) is 24.4 Å². The number of anilines is 1. The van der Waals surface area contributed by atoms with Gasteiger partial charge in [0.1, 0.15) is 17.5 Å². The van der Waals surface area contributed by atoms with Crippen molar-refractivity contribution in [1.29, 1.82) is 0 Å². The van der Waals surface area contributed by atoms with Crippen molar-refractivity contribution in [3.05, 3.63) is 17.2 Å². The average molecular weight is 355 g/mol. The normalized spacial score (nSPS) is 15.7. The number of nitrogens with one attached hydrogen (secondary N) is 2. The number of ether oxygens (including phenoxy) is 2. The minimum Gasteiger partial charge on any atom is -0.495 e. The van der Waals surface area contributed by atoms with Crippen LogP contribution in [0.2, 0.25) is 5.02 Å². The van der Waals surface area contributed by atoms with Crippen LogP contribution in [0.25, 0.3) is 0 Å². The smallest absolute Gasteiger partial charge is 0.247 e.